The van der Waals surface area contributed by atoms with Gasteiger partial charge in [0.05, 0.1) is 55.3 Å². The number of nitrogens with zero attached hydrogens (tertiary/aromatic N) is 4. The van der Waals surface area contributed by atoms with E-state index < -0.39 is 30.4 Å². The highest BCUT2D eigenvalue weighted by molar-refractivity contribution is 5.91. The van der Waals surface area contributed by atoms with Crippen LogP contribution < -0.4 is 15.4 Å². The number of rotatable bonds is 11. The van der Waals surface area contributed by atoms with E-state index in [2.05, 4.69) is 27.2 Å². The molecule has 324 valence electrons. The Balaban J connectivity index is 0.981. The van der Waals surface area contributed by atoms with Crippen LogP contribution in [0.5, 0.6) is 11.5 Å². The number of hydrogen-bond donors (Lipinski definition) is 4. The lowest BCUT2D eigenvalue weighted by molar-refractivity contribution is -0.137. The number of alkyl carbamates (subject to hydrolysis) is 2. The molecule has 2 aromatic heterocycles. The van der Waals surface area contributed by atoms with Crippen molar-refractivity contribution in [2.45, 2.75) is 76.7 Å². The summed E-state index contributed by atoms with van der Waals surface area (Å²) in [5.41, 5.74) is 7.77. The maximum atomic E-state index is 13.8. The molecule has 0 radical (unpaired) electrons. The monoisotopic (exact) mass is 844 g/mol. The van der Waals surface area contributed by atoms with E-state index >= 15 is 0 Å². The fourth-order valence-electron chi connectivity index (χ4n) is 8.73. The lowest BCUT2D eigenvalue weighted by Gasteiger charge is -2.30. The van der Waals surface area contributed by atoms with Crippen molar-refractivity contribution < 1.29 is 38.1 Å². The van der Waals surface area contributed by atoms with Crippen molar-refractivity contribution in [2.75, 3.05) is 34.4 Å². The lowest BCUT2D eigenvalue weighted by Crippen LogP contribution is -2.54. The minimum atomic E-state index is -0.915. The average Bonchev–Trinajstić information content (AvgIpc) is 4.12. The topological polar surface area (TPSA) is 193 Å². The van der Waals surface area contributed by atoms with Crippen LogP contribution >= 0.6 is 0 Å². The predicted molar refractivity (Wildman–Crippen MR) is 231 cm³/mol. The third-order valence-corrected chi connectivity index (χ3v) is 12.2. The molecule has 0 unspecified atom stereocenters. The van der Waals surface area contributed by atoms with Gasteiger partial charge < -0.3 is 49.3 Å². The maximum Gasteiger partial charge on any atom is 0.407 e. The van der Waals surface area contributed by atoms with E-state index in [0.29, 0.717) is 36.2 Å². The van der Waals surface area contributed by atoms with Gasteiger partial charge in [0, 0.05) is 36.9 Å². The number of aromatic amines is 2. The second-order valence-corrected chi connectivity index (χ2v) is 16.3. The summed E-state index contributed by atoms with van der Waals surface area (Å²) in [6, 6.07) is 15.9. The second kappa shape index (κ2) is 17.4. The third-order valence-electron chi connectivity index (χ3n) is 12.2. The molecule has 8 rings (SSSR count). The number of aromatic nitrogens is 4. The van der Waals surface area contributed by atoms with Gasteiger partial charge in [-0.2, -0.15) is 0 Å². The van der Waals surface area contributed by atoms with Crippen LogP contribution in [0.3, 0.4) is 0 Å². The van der Waals surface area contributed by atoms with Crippen LogP contribution in [-0.2, 0) is 23.8 Å². The number of benzene rings is 3. The van der Waals surface area contributed by atoms with Gasteiger partial charge in [-0.05, 0) is 91.6 Å². The van der Waals surface area contributed by atoms with Crippen LogP contribution in [0, 0.1) is 5.92 Å². The zero-order valence-corrected chi connectivity index (χ0v) is 35.7. The summed E-state index contributed by atoms with van der Waals surface area (Å²) < 4.78 is 21.5. The molecule has 0 saturated carbocycles. The van der Waals surface area contributed by atoms with E-state index in [9.17, 15) is 19.2 Å². The quantitative estimate of drug-likeness (QED) is 0.103. The summed E-state index contributed by atoms with van der Waals surface area (Å²) in [5, 5.41) is 5.33. The van der Waals surface area contributed by atoms with E-state index in [1.807, 2.05) is 68.4 Å². The molecular formula is C46H52N8O8. The SMILES string of the molecule is C=C1c2ccc(-c3ccc4nc([C@@H]5CCCN5C(=O)[C@@H](NC(=O)OC)[C@@H](C)OC)[nH]c4c3)cc2Oc2ccc(-c3cnc([C@@H]4CCCN4C(=O)[C@@H](NC(=O)OC)C(C)C)[nH]3)cc21. The molecule has 4 amide bonds. The van der Waals surface area contributed by atoms with Gasteiger partial charge in [0.1, 0.15) is 35.2 Å². The molecule has 3 aromatic carbocycles. The summed E-state index contributed by atoms with van der Waals surface area (Å²) in [6.45, 7) is 11.1. The molecule has 16 heteroatoms. The van der Waals surface area contributed by atoms with Crippen LogP contribution in [0.1, 0.15) is 81.3 Å². The molecule has 0 bridgehead atoms. The number of imidazole rings is 2. The van der Waals surface area contributed by atoms with Gasteiger partial charge in [-0.3, -0.25) is 9.59 Å². The van der Waals surface area contributed by atoms with Crippen molar-refractivity contribution in [1.29, 1.82) is 0 Å². The van der Waals surface area contributed by atoms with E-state index in [-0.39, 0.29) is 29.8 Å². The molecule has 2 fully saturated rings. The van der Waals surface area contributed by atoms with E-state index in [0.717, 1.165) is 75.8 Å². The minimum Gasteiger partial charge on any atom is -0.456 e. The van der Waals surface area contributed by atoms with Gasteiger partial charge in [-0.1, -0.05) is 38.6 Å². The maximum absolute atomic E-state index is 13.8. The highest BCUT2D eigenvalue weighted by Crippen LogP contribution is 2.46. The largest absolute Gasteiger partial charge is 0.456 e. The smallest absolute Gasteiger partial charge is 0.407 e. The van der Waals surface area contributed by atoms with E-state index in [1.54, 1.807) is 22.9 Å². The Kier molecular flexibility index (Phi) is 11.8. The minimum absolute atomic E-state index is 0.127. The van der Waals surface area contributed by atoms with Gasteiger partial charge in [-0.25, -0.2) is 19.6 Å². The molecule has 3 aliphatic rings. The first kappa shape index (κ1) is 42.0. The lowest BCUT2D eigenvalue weighted by atomic mass is 9.92. The fraction of sp³-hybridized carbons (Fsp3) is 0.391. The average molecular weight is 845 g/mol. The zero-order chi connectivity index (χ0) is 43.8. The number of H-pyrrole nitrogens is 2. The molecule has 0 spiro atoms. The first-order chi connectivity index (χ1) is 29.9. The van der Waals surface area contributed by atoms with Crippen LogP contribution in [0.2, 0.25) is 0 Å². The molecule has 3 aliphatic heterocycles. The summed E-state index contributed by atoms with van der Waals surface area (Å²) in [6.07, 6.45) is 2.96. The van der Waals surface area contributed by atoms with Crippen molar-refractivity contribution in [1.82, 2.24) is 40.4 Å². The Bertz CT molecular complexity index is 2550. The number of likely N-dealkylation sites (tertiary alicyclic amines) is 2. The standard InChI is InChI=1S/C46H52N8O8/c1-24(2)39(51-45(57)60-6)43(55)53-18-8-10-35(53)41-47-23-34(50-41)29-14-17-37-31(20-29)25(3)30-15-12-28(22-38(30)62-37)27-13-16-32-33(21-27)49-42(48-32)36-11-9-19-54(36)44(56)40(26(4)59-5)52-46(58)61-7/h12-17,20-24,26,35-36,39-40H,3,8-11,18-19H2,1-2,4-7H3,(H,47,50)(H,48,49)(H,51,57)(H,52,58)/t26-,35+,36+,39+,40+/m1/s1. The Morgan fingerprint density at radius 2 is 1.39 bits per heavy atom. The van der Waals surface area contributed by atoms with Gasteiger partial charge in [-0.15, -0.1) is 0 Å². The number of hydrogen-bond acceptors (Lipinski definition) is 10. The molecule has 5 heterocycles. The van der Waals surface area contributed by atoms with E-state index in [1.165, 1.54) is 21.3 Å². The molecule has 0 aliphatic carbocycles. The van der Waals surface area contributed by atoms with Gasteiger partial charge >= 0.3 is 12.2 Å². The van der Waals surface area contributed by atoms with Crippen LogP contribution in [0.15, 0.2) is 67.4 Å². The summed E-state index contributed by atoms with van der Waals surface area (Å²) >= 11 is 0. The second-order valence-electron chi connectivity index (χ2n) is 16.3. The molecule has 2 saturated heterocycles. The summed E-state index contributed by atoms with van der Waals surface area (Å²) in [5.74, 6) is 2.19. The zero-order valence-electron chi connectivity index (χ0n) is 35.7. The molecule has 62 heavy (non-hydrogen) atoms. The molecule has 16 nitrogen and oxygen atoms in total. The van der Waals surface area contributed by atoms with Gasteiger partial charge in [0.25, 0.3) is 0 Å². The summed E-state index contributed by atoms with van der Waals surface area (Å²) in [7, 11) is 4.04. The van der Waals surface area contributed by atoms with Crippen LogP contribution in [0.4, 0.5) is 9.59 Å². The Labute approximate surface area is 359 Å². The fourth-order valence-corrected chi connectivity index (χ4v) is 8.73. The number of fused-ring (bicyclic) bond motifs is 3. The number of carbonyl (C=O) groups is 4. The normalized spacial score (nSPS) is 18.5. The number of amides is 4. The van der Waals surface area contributed by atoms with Crippen molar-refractivity contribution in [3.8, 4) is 33.9 Å². The molecular weight excluding hydrogens is 793 g/mol. The molecule has 5 atom stereocenters. The number of carbonyl (C=O) groups excluding carboxylic acids is 4. The van der Waals surface area contributed by atoms with Crippen molar-refractivity contribution >= 4 is 40.6 Å². The first-order valence-electron chi connectivity index (χ1n) is 20.9. The van der Waals surface area contributed by atoms with Crippen LogP contribution in [0.25, 0.3) is 39.0 Å². The number of methoxy groups -OCH3 is 3. The third kappa shape index (κ3) is 7.97. The van der Waals surface area contributed by atoms with Crippen molar-refractivity contribution in [2.24, 2.45) is 5.92 Å². The first-order valence-corrected chi connectivity index (χ1v) is 20.9. The van der Waals surface area contributed by atoms with Crippen molar-refractivity contribution in [3.05, 3.63) is 90.1 Å². The van der Waals surface area contributed by atoms with Crippen molar-refractivity contribution in [3.63, 3.8) is 0 Å². The number of ether oxygens (including phenoxy) is 4. The van der Waals surface area contributed by atoms with Crippen LogP contribution in [-0.4, -0.2) is 106 Å². The predicted octanol–water partition coefficient (Wildman–Crippen LogP) is 7.25. The van der Waals surface area contributed by atoms with Gasteiger partial charge in [0.15, 0.2) is 0 Å². The molecule has 4 N–H and O–H groups in total. The Morgan fingerprint density at radius 1 is 0.758 bits per heavy atom. The van der Waals surface area contributed by atoms with E-state index in [4.69, 9.17) is 28.9 Å². The highest BCUT2D eigenvalue weighted by Gasteiger charge is 2.40. The summed E-state index contributed by atoms with van der Waals surface area (Å²) in [4.78, 5) is 71.6. The number of nitrogens with one attached hydrogen (secondary N) is 4. The molecule has 5 aromatic rings. The van der Waals surface area contributed by atoms with Gasteiger partial charge in [0.2, 0.25) is 11.8 Å². The Morgan fingerprint density at radius 3 is 2.06 bits per heavy atom. The highest BCUT2D eigenvalue weighted by atomic mass is 16.5. The Hall–Kier alpha value is -6.68.